The van der Waals surface area contributed by atoms with E-state index < -0.39 is 10.0 Å². The maximum Gasteiger partial charge on any atom is 0.251 e. The summed E-state index contributed by atoms with van der Waals surface area (Å²) in [5.41, 5.74) is 0.782. The first-order valence-corrected chi connectivity index (χ1v) is 6.77. The molecule has 0 fully saturated rings. The molecule has 0 spiro atoms. The molecule has 16 heavy (non-hydrogen) atoms. The van der Waals surface area contributed by atoms with E-state index in [1.165, 1.54) is 6.20 Å². The van der Waals surface area contributed by atoms with Crippen LogP contribution in [0.3, 0.4) is 0 Å². The lowest BCUT2D eigenvalue weighted by atomic mass is 10.4. The highest BCUT2D eigenvalue weighted by molar-refractivity contribution is 7.91. The van der Waals surface area contributed by atoms with E-state index in [0.29, 0.717) is 0 Å². The van der Waals surface area contributed by atoms with Crippen molar-refractivity contribution in [3.63, 3.8) is 0 Å². The van der Waals surface area contributed by atoms with Crippen LogP contribution >= 0.6 is 11.3 Å². The number of aromatic nitrogens is 3. The van der Waals surface area contributed by atoms with Crippen molar-refractivity contribution in [2.45, 2.75) is 17.7 Å². The highest BCUT2D eigenvalue weighted by atomic mass is 32.2. The fourth-order valence-electron chi connectivity index (χ4n) is 1.09. The van der Waals surface area contributed by atoms with Gasteiger partial charge in [-0.25, -0.2) is 18.1 Å². The van der Waals surface area contributed by atoms with Crippen LogP contribution in [0.1, 0.15) is 10.6 Å². The molecule has 6 nitrogen and oxygen atoms in total. The highest BCUT2D eigenvalue weighted by Gasteiger charge is 2.16. The molecule has 0 atom stereocenters. The van der Waals surface area contributed by atoms with E-state index in [0.717, 1.165) is 21.9 Å². The first-order valence-electron chi connectivity index (χ1n) is 4.48. The molecule has 0 amide bonds. The molecule has 2 aromatic rings. The summed E-state index contributed by atoms with van der Waals surface area (Å²) in [6, 6.07) is 0. The SMILES string of the molecule is Cc1ncc(S(=O)(=O)NCc2cn[nH]c2)s1. The van der Waals surface area contributed by atoms with Gasteiger partial charge in [0.25, 0.3) is 10.0 Å². The molecule has 0 radical (unpaired) electrons. The predicted octanol–water partition coefficient (Wildman–Crippen LogP) is 0.653. The first kappa shape index (κ1) is 11.2. The van der Waals surface area contributed by atoms with Crippen LogP contribution in [0.5, 0.6) is 0 Å². The van der Waals surface area contributed by atoms with Gasteiger partial charge in [0.2, 0.25) is 0 Å². The van der Waals surface area contributed by atoms with Crippen molar-refractivity contribution in [3.05, 3.63) is 29.2 Å². The van der Waals surface area contributed by atoms with Gasteiger partial charge in [0.1, 0.15) is 0 Å². The molecule has 2 aromatic heterocycles. The zero-order chi connectivity index (χ0) is 11.6. The Hall–Kier alpha value is -1.25. The Labute approximate surface area is 96.8 Å². The average molecular weight is 258 g/mol. The second kappa shape index (κ2) is 4.32. The molecule has 0 aromatic carbocycles. The van der Waals surface area contributed by atoms with Crippen molar-refractivity contribution in [1.29, 1.82) is 0 Å². The zero-order valence-corrected chi connectivity index (χ0v) is 10.1. The summed E-state index contributed by atoms with van der Waals surface area (Å²) >= 11 is 1.15. The lowest BCUT2D eigenvalue weighted by Crippen LogP contribution is -2.22. The molecule has 0 saturated carbocycles. The Balaban J connectivity index is 2.09. The Bertz CT molecular complexity index is 559. The van der Waals surface area contributed by atoms with Crippen LogP contribution in [0.4, 0.5) is 0 Å². The molecule has 0 aliphatic rings. The Morgan fingerprint density at radius 3 is 2.88 bits per heavy atom. The topological polar surface area (TPSA) is 87.7 Å². The van der Waals surface area contributed by atoms with Crippen molar-refractivity contribution in [1.82, 2.24) is 19.9 Å². The fourth-order valence-corrected chi connectivity index (χ4v) is 3.26. The van der Waals surface area contributed by atoms with Crippen LogP contribution in [-0.4, -0.2) is 23.6 Å². The third-order valence-electron chi connectivity index (χ3n) is 1.89. The summed E-state index contributed by atoms with van der Waals surface area (Å²) < 4.78 is 26.2. The molecule has 2 heterocycles. The lowest BCUT2D eigenvalue weighted by molar-refractivity contribution is 0.583. The number of rotatable bonds is 4. The minimum atomic E-state index is -3.45. The van der Waals surface area contributed by atoms with Gasteiger partial charge in [0.05, 0.1) is 17.4 Å². The van der Waals surface area contributed by atoms with Crippen molar-refractivity contribution in [3.8, 4) is 0 Å². The van der Waals surface area contributed by atoms with Crippen LogP contribution in [0.25, 0.3) is 0 Å². The van der Waals surface area contributed by atoms with Crippen LogP contribution in [-0.2, 0) is 16.6 Å². The largest absolute Gasteiger partial charge is 0.285 e. The number of hydrogen-bond donors (Lipinski definition) is 2. The monoisotopic (exact) mass is 258 g/mol. The lowest BCUT2D eigenvalue weighted by Gasteiger charge is -2.01. The summed E-state index contributed by atoms with van der Waals surface area (Å²) in [7, 11) is -3.45. The Morgan fingerprint density at radius 1 is 1.50 bits per heavy atom. The van der Waals surface area contributed by atoms with Gasteiger partial charge in [-0.05, 0) is 6.92 Å². The zero-order valence-electron chi connectivity index (χ0n) is 8.47. The quantitative estimate of drug-likeness (QED) is 0.843. The Morgan fingerprint density at radius 2 is 2.31 bits per heavy atom. The first-order chi connectivity index (χ1) is 7.58. The summed E-state index contributed by atoms with van der Waals surface area (Å²) in [6.45, 7) is 1.98. The maximum absolute atomic E-state index is 11.8. The number of aryl methyl sites for hydroxylation is 1. The van der Waals surface area contributed by atoms with E-state index in [-0.39, 0.29) is 10.8 Å². The smallest absolute Gasteiger partial charge is 0.251 e. The van der Waals surface area contributed by atoms with E-state index in [4.69, 9.17) is 0 Å². The van der Waals surface area contributed by atoms with Crippen molar-refractivity contribution in [2.24, 2.45) is 0 Å². The van der Waals surface area contributed by atoms with Crippen LogP contribution < -0.4 is 4.72 Å². The molecular weight excluding hydrogens is 248 g/mol. The molecule has 0 aliphatic heterocycles. The van der Waals surface area contributed by atoms with Crippen LogP contribution in [0.15, 0.2) is 22.8 Å². The van der Waals surface area contributed by atoms with Crippen molar-refractivity contribution in [2.75, 3.05) is 0 Å². The maximum atomic E-state index is 11.8. The fraction of sp³-hybridized carbons (Fsp3) is 0.250. The second-order valence-electron chi connectivity index (χ2n) is 3.13. The number of nitrogens with one attached hydrogen (secondary N) is 2. The summed E-state index contributed by atoms with van der Waals surface area (Å²) in [6.07, 6.45) is 4.57. The van der Waals surface area contributed by atoms with Gasteiger partial charge in [-0.2, -0.15) is 5.10 Å². The van der Waals surface area contributed by atoms with Gasteiger partial charge in [-0.1, -0.05) is 0 Å². The summed E-state index contributed by atoms with van der Waals surface area (Å²) in [4.78, 5) is 3.91. The number of aromatic amines is 1. The molecule has 2 N–H and O–H groups in total. The second-order valence-corrected chi connectivity index (χ2v) is 6.36. The third-order valence-corrected chi connectivity index (χ3v) is 4.66. The molecule has 0 bridgehead atoms. The molecular formula is C8H10N4O2S2. The van der Waals surface area contributed by atoms with Gasteiger partial charge in [-0.3, -0.25) is 5.10 Å². The predicted molar refractivity (Wildman–Crippen MR) is 59.5 cm³/mol. The molecule has 0 aliphatic carbocycles. The van der Waals surface area contributed by atoms with Gasteiger partial charge < -0.3 is 0 Å². The number of H-pyrrole nitrogens is 1. The van der Waals surface area contributed by atoms with Crippen LogP contribution in [0, 0.1) is 6.92 Å². The minimum Gasteiger partial charge on any atom is -0.285 e. The number of thiazole rings is 1. The van der Waals surface area contributed by atoms with Crippen LogP contribution in [0.2, 0.25) is 0 Å². The van der Waals surface area contributed by atoms with E-state index in [1.807, 2.05) is 0 Å². The van der Waals surface area contributed by atoms with E-state index in [1.54, 1.807) is 19.3 Å². The van der Waals surface area contributed by atoms with Gasteiger partial charge in [0.15, 0.2) is 4.21 Å². The molecule has 0 unspecified atom stereocenters. The van der Waals surface area contributed by atoms with Gasteiger partial charge >= 0.3 is 0 Å². The standard InChI is InChI=1S/C8H10N4O2S2/c1-6-9-5-8(15-6)16(13,14)12-4-7-2-10-11-3-7/h2-3,5,12H,4H2,1H3,(H,10,11). The number of hydrogen-bond acceptors (Lipinski definition) is 5. The van der Waals surface area contributed by atoms with Crippen molar-refractivity contribution >= 4 is 21.4 Å². The molecule has 8 heteroatoms. The van der Waals surface area contributed by atoms with Gasteiger partial charge in [-0.15, -0.1) is 11.3 Å². The van der Waals surface area contributed by atoms with E-state index in [9.17, 15) is 8.42 Å². The summed E-state index contributed by atoms with van der Waals surface area (Å²) in [5.74, 6) is 0. The Kier molecular flexibility index (Phi) is 3.03. The van der Waals surface area contributed by atoms with E-state index >= 15 is 0 Å². The normalized spacial score (nSPS) is 11.8. The highest BCUT2D eigenvalue weighted by Crippen LogP contribution is 2.17. The molecule has 86 valence electrons. The number of nitrogens with zero attached hydrogens (tertiary/aromatic N) is 2. The third kappa shape index (κ3) is 2.46. The van der Waals surface area contributed by atoms with Gasteiger partial charge in [0, 0.05) is 18.3 Å². The minimum absolute atomic E-state index is 0.218. The van der Waals surface area contributed by atoms with E-state index in [2.05, 4.69) is 19.9 Å². The number of sulfonamides is 1. The van der Waals surface area contributed by atoms with Crippen molar-refractivity contribution < 1.29 is 8.42 Å². The average Bonchev–Trinajstić information content (AvgIpc) is 2.85. The molecule has 0 saturated heterocycles. The molecule has 2 rings (SSSR count). The summed E-state index contributed by atoms with van der Waals surface area (Å²) in [5, 5.41) is 7.07.